The Morgan fingerprint density at radius 2 is 2.10 bits per heavy atom. The van der Waals surface area contributed by atoms with E-state index in [0.717, 1.165) is 30.8 Å². The van der Waals surface area contributed by atoms with Gasteiger partial charge in [-0.15, -0.1) is 5.10 Å². The molecule has 3 heterocycles. The molecule has 0 radical (unpaired) electrons. The highest BCUT2D eigenvalue weighted by atomic mass is 16.5. The molecule has 1 N–H and O–H groups in total. The van der Waals surface area contributed by atoms with Gasteiger partial charge < -0.3 is 14.8 Å². The van der Waals surface area contributed by atoms with Crippen LogP contribution in [0.15, 0.2) is 42.5 Å². The van der Waals surface area contributed by atoms with Gasteiger partial charge in [0.2, 0.25) is 0 Å². The molecule has 1 aromatic carbocycles. The molecule has 8 nitrogen and oxygen atoms in total. The first-order valence-corrected chi connectivity index (χ1v) is 9.62. The summed E-state index contributed by atoms with van der Waals surface area (Å²) in [5, 5.41) is 15.5. The number of amides is 1. The third kappa shape index (κ3) is 4.60. The van der Waals surface area contributed by atoms with Gasteiger partial charge in [-0.05, 0) is 57.0 Å². The van der Waals surface area contributed by atoms with E-state index in [1.165, 1.54) is 0 Å². The highest BCUT2D eigenvalue weighted by molar-refractivity contribution is 6.04. The Hall–Kier alpha value is -3.26. The highest BCUT2D eigenvalue weighted by Gasteiger charge is 2.17. The number of carbonyl (C=O) groups excluding carboxylic acids is 1. The maximum absolute atomic E-state index is 12.8. The lowest BCUT2D eigenvalue weighted by atomic mass is 10.2. The molecule has 2 aromatic heterocycles. The van der Waals surface area contributed by atoms with Gasteiger partial charge in [-0.25, -0.2) is 0 Å². The van der Waals surface area contributed by atoms with E-state index in [-0.39, 0.29) is 12.0 Å². The number of carbonyl (C=O) groups is 1. The Kier molecular flexibility index (Phi) is 5.53. The maximum atomic E-state index is 12.8. The molecule has 1 aliphatic rings. The molecule has 8 heteroatoms. The van der Waals surface area contributed by atoms with Crippen LogP contribution in [0.2, 0.25) is 0 Å². The Morgan fingerprint density at radius 1 is 1.21 bits per heavy atom. The first kappa shape index (κ1) is 19.1. The first-order chi connectivity index (χ1) is 14.1. The van der Waals surface area contributed by atoms with Crippen LogP contribution in [-0.2, 0) is 4.74 Å². The summed E-state index contributed by atoms with van der Waals surface area (Å²) in [4.78, 5) is 12.8. The zero-order valence-corrected chi connectivity index (χ0v) is 16.5. The molecule has 150 valence electrons. The second-order valence-corrected chi connectivity index (χ2v) is 7.04. The lowest BCUT2D eigenvalue weighted by Gasteiger charge is -2.12. The zero-order chi connectivity index (χ0) is 20.2. The van der Waals surface area contributed by atoms with Gasteiger partial charge in [0.1, 0.15) is 18.2 Å². The molecule has 4 rings (SSSR count). The van der Waals surface area contributed by atoms with Gasteiger partial charge in [-0.2, -0.15) is 14.9 Å². The van der Waals surface area contributed by atoms with Gasteiger partial charge in [0, 0.05) is 18.2 Å². The molecule has 1 unspecified atom stereocenters. The minimum Gasteiger partial charge on any atom is -0.491 e. The van der Waals surface area contributed by atoms with Crippen LogP contribution in [0.25, 0.3) is 5.82 Å². The fraction of sp³-hybridized carbons (Fsp3) is 0.333. The predicted molar refractivity (Wildman–Crippen MR) is 107 cm³/mol. The van der Waals surface area contributed by atoms with Crippen molar-refractivity contribution in [1.29, 1.82) is 0 Å². The summed E-state index contributed by atoms with van der Waals surface area (Å²) in [6.45, 7) is 4.99. The van der Waals surface area contributed by atoms with Crippen LogP contribution < -0.4 is 10.1 Å². The molecular weight excluding hydrogens is 370 g/mol. The summed E-state index contributed by atoms with van der Waals surface area (Å²) in [7, 11) is 0. The molecule has 1 fully saturated rings. The van der Waals surface area contributed by atoms with Gasteiger partial charge in [0.05, 0.1) is 17.5 Å². The monoisotopic (exact) mass is 393 g/mol. The van der Waals surface area contributed by atoms with Crippen molar-refractivity contribution in [3.63, 3.8) is 0 Å². The second kappa shape index (κ2) is 8.40. The number of aromatic nitrogens is 4. The third-order valence-corrected chi connectivity index (χ3v) is 4.63. The van der Waals surface area contributed by atoms with Gasteiger partial charge in [-0.1, -0.05) is 6.07 Å². The van der Waals surface area contributed by atoms with Crippen molar-refractivity contribution in [3.05, 3.63) is 59.4 Å². The number of nitrogens with zero attached hydrogens (tertiary/aromatic N) is 4. The van der Waals surface area contributed by atoms with E-state index in [0.29, 0.717) is 29.6 Å². The van der Waals surface area contributed by atoms with Crippen LogP contribution in [0.5, 0.6) is 5.75 Å². The molecule has 0 aliphatic carbocycles. The molecule has 29 heavy (non-hydrogen) atoms. The predicted octanol–water partition coefficient (Wildman–Crippen LogP) is 3.09. The summed E-state index contributed by atoms with van der Waals surface area (Å²) < 4.78 is 12.9. The summed E-state index contributed by atoms with van der Waals surface area (Å²) in [6.07, 6.45) is 2.20. The van der Waals surface area contributed by atoms with Crippen LogP contribution in [0.4, 0.5) is 5.82 Å². The Bertz CT molecular complexity index is 994. The summed E-state index contributed by atoms with van der Waals surface area (Å²) in [6, 6.07) is 12.5. The number of anilines is 1. The van der Waals surface area contributed by atoms with Crippen molar-refractivity contribution in [1.82, 2.24) is 20.0 Å². The summed E-state index contributed by atoms with van der Waals surface area (Å²) >= 11 is 0. The van der Waals surface area contributed by atoms with Crippen molar-refractivity contribution >= 4 is 11.7 Å². The number of nitrogens with one attached hydrogen (secondary N) is 1. The number of hydrogen-bond acceptors (Lipinski definition) is 6. The van der Waals surface area contributed by atoms with E-state index in [1.807, 2.05) is 32.0 Å². The van der Waals surface area contributed by atoms with E-state index in [4.69, 9.17) is 9.47 Å². The zero-order valence-electron chi connectivity index (χ0n) is 16.5. The van der Waals surface area contributed by atoms with Crippen LogP contribution in [0.1, 0.15) is 34.6 Å². The number of benzene rings is 1. The van der Waals surface area contributed by atoms with Gasteiger partial charge >= 0.3 is 0 Å². The smallest absolute Gasteiger partial charge is 0.256 e. The quantitative estimate of drug-likeness (QED) is 0.692. The second-order valence-electron chi connectivity index (χ2n) is 7.04. The average molecular weight is 393 g/mol. The molecule has 3 aromatic rings. The lowest BCUT2D eigenvalue weighted by molar-refractivity contribution is 0.0679. The first-order valence-electron chi connectivity index (χ1n) is 9.62. The standard InChI is InChI=1S/C21H23N5O3/c1-14-8-9-19(24-23-14)26-20(11-15(2)25-26)22-21(27)16-5-3-6-17(12-16)29-13-18-7-4-10-28-18/h3,5-6,8-9,11-12,18H,4,7,10,13H2,1-2H3,(H,22,27). The van der Waals surface area contributed by atoms with E-state index in [1.54, 1.807) is 28.9 Å². The normalized spacial score (nSPS) is 16.0. The van der Waals surface area contributed by atoms with Crippen molar-refractivity contribution in [2.45, 2.75) is 32.8 Å². The Morgan fingerprint density at radius 3 is 2.86 bits per heavy atom. The number of rotatable bonds is 6. The van der Waals surface area contributed by atoms with Crippen LogP contribution in [0, 0.1) is 13.8 Å². The maximum Gasteiger partial charge on any atom is 0.256 e. The van der Waals surface area contributed by atoms with Crippen molar-refractivity contribution < 1.29 is 14.3 Å². The van der Waals surface area contributed by atoms with Crippen LogP contribution in [0.3, 0.4) is 0 Å². The molecule has 0 saturated carbocycles. The molecule has 0 spiro atoms. The van der Waals surface area contributed by atoms with E-state index < -0.39 is 0 Å². The molecule has 0 bridgehead atoms. The van der Waals surface area contributed by atoms with E-state index in [9.17, 15) is 4.79 Å². The highest BCUT2D eigenvalue weighted by Crippen LogP contribution is 2.20. The lowest BCUT2D eigenvalue weighted by Crippen LogP contribution is -2.17. The molecule has 1 atom stereocenters. The van der Waals surface area contributed by atoms with Crippen molar-refractivity contribution in [3.8, 4) is 11.6 Å². The van der Waals surface area contributed by atoms with Gasteiger partial charge in [0.25, 0.3) is 5.91 Å². The number of aryl methyl sites for hydroxylation is 2. The fourth-order valence-electron chi connectivity index (χ4n) is 3.15. The molecule has 1 saturated heterocycles. The summed E-state index contributed by atoms with van der Waals surface area (Å²) in [5.41, 5.74) is 2.06. The van der Waals surface area contributed by atoms with Crippen molar-refractivity contribution in [2.75, 3.05) is 18.5 Å². The minimum absolute atomic E-state index is 0.125. The van der Waals surface area contributed by atoms with Crippen molar-refractivity contribution in [2.24, 2.45) is 0 Å². The third-order valence-electron chi connectivity index (χ3n) is 4.63. The summed E-state index contributed by atoms with van der Waals surface area (Å²) in [5.74, 6) is 1.44. The van der Waals surface area contributed by atoms with Gasteiger partial charge in [0.15, 0.2) is 5.82 Å². The average Bonchev–Trinajstić information content (AvgIpc) is 3.37. The van der Waals surface area contributed by atoms with Crippen LogP contribution >= 0.6 is 0 Å². The van der Waals surface area contributed by atoms with Crippen LogP contribution in [-0.4, -0.2) is 45.2 Å². The molecule has 1 aliphatic heterocycles. The molecular formula is C21H23N5O3. The van der Waals surface area contributed by atoms with E-state index in [2.05, 4.69) is 20.6 Å². The van der Waals surface area contributed by atoms with E-state index >= 15 is 0 Å². The molecule has 1 amide bonds. The Balaban J connectivity index is 1.48. The largest absolute Gasteiger partial charge is 0.491 e. The van der Waals surface area contributed by atoms with Gasteiger partial charge in [-0.3, -0.25) is 4.79 Å². The number of ether oxygens (including phenoxy) is 2. The Labute approximate surface area is 168 Å². The minimum atomic E-state index is -0.256. The number of hydrogen-bond donors (Lipinski definition) is 1. The SMILES string of the molecule is Cc1ccc(-n2nc(C)cc2NC(=O)c2cccc(OCC3CCCO3)c2)nn1. The topological polar surface area (TPSA) is 91.2 Å². The fourth-order valence-corrected chi connectivity index (χ4v) is 3.15.